The maximum atomic E-state index is 14.0. The number of nitrogens with one attached hydrogen (secondary N) is 1. The number of hydrogen-bond donors (Lipinski definition) is 3. The molecule has 2 saturated heterocycles. The molecule has 0 aliphatic carbocycles. The number of amides is 1. The van der Waals surface area contributed by atoms with Crippen molar-refractivity contribution in [1.82, 2.24) is 34.8 Å². The molecule has 2 aliphatic heterocycles. The van der Waals surface area contributed by atoms with Gasteiger partial charge in [-0.05, 0) is 17.7 Å². The first-order chi connectivity index (χ1) is 24.5. The maximum absolute atomic E-state index is 14.0. The summed E-state index contributed by atoms with van der Waals surface area (Å²) in [5.41, 5.74) is 1.48. The molecule has 3 aromatic rings. The van der Waals surface area contributed by atoms with E-state index >= 15 is 0 Å². The zero-order chi connectivity index (χ0) is 35.0. The van der Waals surface area contributed by atoms with Crippen LogP contribution in [0, 0.1) is 12.3 Å². The zero-order valence-corrected chi connectivity index (χ0v) is 28.2. The van der Waals surface area contributed by atoms with Crippen molar-refractivity contribution < 1.29 is 34.0 Å². The molecule has 1 amide bonds. The topological polar surface area (TPSA) is 186 Å². The molecular weight excluding hydrogens is 648 g/mol. The van der Waals surface area contributed by atoms with Crippen LogP contribution in [0.3, 0.4) is 0 Å². The number of rotatable bonds is 19. The van der Waals surface area contributed by atoms with E-state index in [0.717, 1.165) is 5.56 Å². The average Bonchev–Trinajstić information content (AvgIpc) is 3.62. The van der Waals surface area contributed by atoms with Crippen LogP contribution in [0.2, 0.25) is 0 Å². The monoisotopic (exact) mass is 694 g/mol. The van der Waals surface area contributed by atoms with Gasteiger partial charge in [-0.3, -0.25) is 4.79 Å². The molecule has 0 unspecified atom stereocenters. The van der Waals surface area contributed by atoms with E-state index in [-0.39, 0.29) is 24.9 Å². The Morgan fingerprint density at radius 1 is 0.920 bits per heavy atom. The second-order valence-electron chi connectivity index (χ2n) is 11.6. The van der Waals surface area contributed by atoms with Crippen molar-refractivity contribution in [2.24, 2.45) is 0 Å². The van der Waals surface area contributed by atoms with Gasteiger partial charge in [0.15, 0.2) is 0 Å². The van der Waals surface area contributed by atoms with Crippen molar-refractivity contribution >= 4 is 23.8 Å². The number of ether oxygens (including phenoxy) is 4. The van der Waals surface area contributed by atoms with Crippen LogP contribution in [0.5, 0.6) is 5.75 Å². The van der Waals surface area contributed by atoms with Crippen LogP contribution in [0.25, 0.3) is 0 Å². The van der Waals surface area contributed by atoms with Gasteiger partial charge in [0.1, 0.15) is 18.4 Å². The Labute approximate surface area is 291 Å². The smallest absolute Gasteiger partial charge is 0.247 e. The van der Waals surface area contributed by atoms with Crippen molar-refractivity contribution in [1.29, 1.82) is 0 Å². The van der Waals surface area contributed by atoms with Gasteiger partial charge < -0.3 is 49.2 Å². The van der Waals surface area contributed by atoms with E-state index in [1.165, 1.54) is 0 Å². The summed E-state index contributed by atoms with van der Waals surface area (Å²) in [6.07, 6.45) is 7.58. The predicted octanol–water partition coefficient (Wildman–Crippen LogP) is -0.232. The molecule has 270 valence electrons. The second kappa shape index (κ2) is 19.6. The molecule has 1 aromatic carbocycles. The van der Waals surface area contributed by atoms with Crippen molar-refractivity contribution in [3.63, 3.8) is 0 Å². The van der Waals surface area contributed by atoms with E-state index in [1.807, 2.05) is 4.90 Å². The van der Waals surface area contributed by atoms with Crippen molar-refractivity contribution in [3.05, 3.63) is 41.7 Å². The number of benzene rings is 1. The van der Waals surface area contributed by atoms with Gasteiger partial charge in [0, 0.05) is 71.5 Å². The van der Waals surface area contributed by atoms with Crippen molar-refractivity contribution in [2.45, 2.75) is 18.9 Å². The Kier molecular flexibility index (Phi) is 14.3. The third kappa shape index (κ3) is 11.0. The molecule has 17 nitrogen and oxygen atoms in total. The van der Waals surface area contributed by atoms with Crippen LogP contribution in [0.15, 0.2) is 30.5 Å². The molecule has 0 bridgehead atoms. The summed E-state index contributed by atoms with van der Waals surface area (Å²) in [5, 5.41) is 30.7. The SMILES string of the molecule is C#CCOCCOCCOCCNc1nc(N2CCOCC2)nc(N2CCN(C(=O)[C@H](Cc3ccc(O)cc3)n3cc(CCO)nn3)CC2)n1. The Morgan fingerprint density at radius 2 is 1.58 bits per heavy atom. The van der Waals surface area contributed by atoms with Gasteiger partial charge in [-0.1, -0.05) is 23.3 Å². The molecule has 17 heteroatoms. The molecule has 4 heterocycles. The highest BCUT2D eigenvalue weighted by Crippen LogP contribution is 2.23. The lowest BCUT2D eigenvalue weighted by molar-refractivity contribution is -0.135. The predicted molar refractivity (Wildman–Crippen MR) is 183 cm³/mol. The van der Waals surface area contributed by atoms with Crippen LogP contribution in [0.1, 0.15) is 17.3 Å². The summed E-state index contributed by atoms with van der Waals surface area (Å²) in [6, 6.07) is 6.14. The molecule has 3 N–H and O–H groups in total. The molecule has 0 spiro atoms. The number of aromatic hydroxyl groups is 1. The lowest BCUT2D eigenvalue weighted by Crippen LogP contribution is -2.51. The van der Waals surface area contributed by atoms with E-state index in [2.05, 4.69) is 36.3 Å². The maximum Gasteiger partial charge on any atom is 0.247 e. The van der Waals surface area contributed by atoms with Gasteiger partial charge in [0.05, 0.1) is 51.9 Å². The fourth-order valence-corrected chi connectivity index (χ4v) is 5.47. The molecule has 2 aromatic heterocycles. The molecule has 5 rings (SSSR count). The molecule has 50 heavy (non-hydrogen) atoms. The van der Waals surface area contributed by atoms with E-state index in [4.69, 9.17) is 35.3 Å². The Morgan fingerprint density at radius 3 is 2.26 bits per heavy atom. The van der Waals surface area contributed by atoms with Gasteiger partial charge in [0.2, 0.25) is 23.8 Å². The number of morpholine rings is 1. The normalized spacial score (nSPS) is 15.6. The highest BCUT2D eigenvalue weighted by Gasteiger charge is 2.31. The highest BCUT2D eigenvalue weighted by atomic mass is 16.5. The third-order valence-corrected chi connectivity index (χ3v) is 8.13. The molecule has 0 saturated carbocycles. The number of anilines is 3. The number of terminal acetylenes is 1. The fourth-order valence-electron chi connectivity index (χ4n) is 5.47. The number of nitrogens with zero attached hydrogens (tertiary/aromatic N) is 9. The first kappa shape index (κ1) is 36.7. The van der Waals surface area contributed by atoms with E-state index in [1.54, 1.807) is 35.1 Å². The number of aliphatic hydroxyl groups excluding tert-OH is 1. The van der Waals surface area contributed by atoms with Crippen molar-refractivity contribution in [2.75, 3.05) is 120 Å². The molecule has 2 fully saturated rings. The number of hydrogen-bond acceptors (Lipinski definition) is 15. The van der Waals surface area contributed by atoms with Crippen LogP contribution in [-0.4, -0.2) is 156 Å². The quantitative estimate of drug-likeness (QED) is 0.110. The van der Waals surface area contributed by atoms with Crippen LogP contribution < -0.4 is 15.1 Å². The van der Waals surface area contributed by atoms with Gasteiger partial charge in [-0.2, -0.15) is 15.0 Å². The number of phenols is 1. The van der Waals surface area contributed by atoms with Gasteiger partial charge in [0.25, 0.3) is 0 Å². The summed E-state index contributed by atoms with van der Waals surface area (Å²) in [7, 11) is 0. The minimum Gasteiger partial charge on any atom is -0.508 e. The van der Waals surface area contributed by atoms with E-state index in [0.29, 0.717) is 128 Å². The standard InChI is InChI=1S/C33H46N10O7/c1-2-16-47-20-22-50-23-21-48-17-8-34-31-35-32(37-33(36-31)42-13-18-49-19-14-42)41-11-9-40(10-12-41)30(46)29(24-26-3-5-28(45)6-4-26)43-25-27(7-15-44)38-39-43/h1,3-6,25,29,44-45H,7-24H2,(H,34,35,36,37)/t29-/m0/s1. The molecule has 1 atom stereocenters. The Hall–Kier alpha value is -4.60. The zero-order valence-electron chi connectivity index (χ0n) is 28.2. The van der Waals surface area contributed by atoms with E-state index < -0.39 is 6.04 Å². The second-order valence-corrected chi connectivity index (χ2v) is 11.6. The Balaban J connectivity index is 1.19. The van der Waals surface area contributed by atoms with Crippen LogP contribution in [0.4, 0.5) is 17.8 Å². The molecular formula is C33H46N10O7. The largest absolute Gasteiger partial charge is 0.508 e. The Bertz CT molecular complexity index is 1510. The number of piperazine rings is 1. The highest BCUT2D eigenvalue weighted by molar-refractivity contribution is 5.81. The van der Waals surface area contributed by atoms with E-state index in [9.17, 15) is 15.0 Å². The number of carbonyl (C=O) groups excluding carboxylic acids is 1. The van der Waals surface area contributed by atoms with Gasteiger partial charge in [-0.25, -0.2) is 4.68 Å². The number of phenolic OH excluding ortho intramolecular Hbond substituents is 1. The summed E-state index contributed by atoms with van der Waals surface area (Å²) >= 11 is 0. The lowest BCUT2D eigenvalue weighted by Gasteiger charge is -2.36. The molecule has 2 aliphatic rings. The summed E-state index contributed by atoms with van der Waals surface area (Å²) < 4.78 is 23.4. The first-order valence-corrected chi connectivity index (χ1v) is 16.9. The molecule has 0 radical (unpaired) electrons. The summed E-state index contributed by atoms with van der Waals surface area (Å²) in [6.45, 7) is 7.42. The number of carbonyl (C=O) groups is 1. The van der Waals surface area contributed by atoms with Gasteiger partial charge in [-0.15, -0.1) is 11.5 Å². The third-order valence-electron chi connectivity index (χ3n) is 8.13. The lowest BCUT2D eigenvalue weighted by atomic mass is 10.0. The van der Waals surface area contributed by atoms with Crippen LogP contribution in [-0.2, 0) is 36.6 Å². The average molecular weight is 695 g/mol. The van der Waals surface area contributed by atoms with Crippen LogP contribution >= 0.6 is 0 Å². The van der Waals surface area contributed by atoms with Gasteiger partial charge >= 0.3 is 0 Å². The van der Waals surface area contributed by atoms with Crippen molar-refractivity contribution in [3.8, 4) is 18.1 Å². The fraction of sp³-hybridized carbons (Fsp3) is 0.576. The minimum absolute atomic E-state index is 0.0620. The first-order valence-electron chi connectivity index (χ1n) is 16.9. The number of aliphatic hydroxyl groups is 1. The summed E-state index contributed by atoms with van der Waals surface area (Å²) in [5.74, 6) is 4.02. The summed E-state index contributed by atoms with van der Waals surface area (Å²) in [4.78, 5) is 34.2. The number of aromatic nitrogens is 6. The minimum atomic E-state index is -0.645.